The Bertz CT molecular complexity index is 2010. The standard InChI is InChI=1S/C44H52O15/c1-8-15-31(48)57-34(26-16-11-9-12-17-26)33(49)40(52)56-28-21-44(53)38(58-39(51)27-18-13-10-14-19-27)36-42(7,29(47)20-30-43(36,22-54-30)59-25(4)46)37(50)35(55-24(3)45)32(23(28)2)41(44,5)6/h9-14,16-19,28-30,33-36,38,47,49,53H,8,15,20-22H2,1-7H3/t28-,29+,30-,33-,34+,35-,36-,38-,42-,43+,44-/m1/s1. The summed E-state index contributed by atoms with van der Waals surface area (Å²) in [5.74, 6) is -6.95. The van der Waals surface area contributed by atoms with Crippen molar-refractivity contribution >= 4 is 35.6 Å². The lowest BCUT2D eigenvalue weighted by Gasteiger charge is -2.67. The highest BCUT2D eigenvalue weighted by molar-refractivity contribution is 5.95. The minimum Gasteiger partial charge on any atom is -0.456 e. The average molecular weight is 821 g/mol. The number of benzene rings is 2. The first kappa shape index (κ1) is 43.6. The Hall–Kier alpha value is -4.96. The Labute approximate surface area is 341 Å². The summed E-state index contributed by atoms with van der Waals surface area (Å²) in [6.07, 6.45) is -11.6. The highest BCUT2D eigenvalue weighted by Gasteiger charge is 2.78. The minimum absolute atomic E-state index is 0.00518. The third-order valence-electron chi connectivity index (χ3n) is 12.8. The van der Waals surface area contributed by atoms with E-state index in [1.165, 1.54) is 26.0 Å². The van der Waals surface area contributed by atoms with E-state index in [9.17, 15) is 39.3 Å². The van der Waals surface area contributed by atoms with Crippen LogP contribution >= 0.6 is 0 Å². The largest absolute Gasteiger partial charge is 0.456 e. The third-order valence-corrected chi connectivity index (χ3v) is 12.8. The van der Waals surface area contributed by atoms with Crippen molar-refractivity contribution in [1.29, 1.82) is 0 Å². The van der Waals surface area contributed by atoms with Crippen LogP contribution < -0.4 is 0 Å². The van der Waals surface area contributed by atoms with E-state index in [4.69, 9.17) is 28.4 Å². The molecule has 1 aliphatic heterocycles. The average Bonchev–Trinajstić information content (AvgIpc) is 3.18. The summed E-state index contributed by atoms with van der Waals surface area (Å²) in [6, 6.07) is 15.9. The van der Waals surface area contributed by atoms with E-state index >= 15 is 4.79 Å². The molecule has 318 valence electrons. The SMILES string of the molecule is CCCC(=O)O[C@@H](c1ccccc1)[C@@H](O)C(=O)O[C@@H]1C[C@@]2(O)[C@H](OC(=O)c3ccccc3)[C@H]3[C@]4(OC(C)=O)CO[C@@H]4C[C@H](O)[C@@]3(C)C(=O)[C@H](OC(C)=O)C(=C1C)C2(C)C. The first-order valence-electron chi connectivity index (χ1n) is 19.8. The molecule has 1 heterocycles. The Kier molecular flexibility index (Phi) is 12.0. The van der Waals surface area contributed by atoms with Crippen molar-refractivity contribution in [2.24, 2.45) is 16.7 Å². The molecule has 11 atom stereocenters. The molecule has 59 heavy (non-hydrogen) atoms. The number of aliphatic hydroxyl groups excluding tert-OH is 2. The zero-order chi connectivity index (χ0) is 43.2. The Morgan fingerprint density at radius 3 is 2.10 bits per heavy atom. The minimum atomic E-state index is -2.38. The maximum absolute atomic E-state index is 15.4. The highest BCUT2D eigenvalue weighted by atomic mass is 16.6. The molecule has 2 saturated carbocycles. The van der Waals surface area contributed by atoms with E-state index in [0.29, 0.717) is 12.0 Å². The molecule has 3 fully saturated rings. The van der Waals surface area contributed by atoms with Gasteiger partial charge in [-0.1, -0.05) is 69.3 Å². The van der Waals surface area contributed by atoms with E-state index in [1.54, 1.807) is 69.3 Å². The number of carbonyl (C=O) groups is 6. The zero-order valence-corrected chi connectivity index (χ0v) is 34.2. The maximum Gasteiger partial charge on any atom is 0.339 e. The monoisotopic (exact) mass is 820 g/mol. The van der Waals surface area contributed by atoms with Crippen LogP contribution in [0.4, 0.5) is 0 Å². The second-order valence-corrected chi connectivity index (χ2v) is 16.7. The van der Waals surface area contributed by atoms with Gasteiger partial charge < -0.3 is 43.7 Å². The number of rotatable bonds is 11. The molecule has 0 spiro atoms. The topological polar surface area (TPSA) is 218 Å². The molecule has 15 nitrogen and oxygen atoms in total. The Morgan fingerprint density at radius 2 is 1.54 bits per heavy atom. The molecule has 6 rings (SSSR count). The first-order valence-corrected chi connectivity index (χ1v) is 19.8. The number of hydrogen-bond donors (Lipinski definition) is 3. The van der Waals surface area contributed by atoms with Crippen molar-refractivity contribution in [3.8, 4) is 0 Å². The molecule has 3 N–H and O–H groups in total. The van der Waals surface area contributed by atoms with Crippen molar-refractivity contribution in [2.75, 3.05) is 6.61 Å². The van der Waals surface area contributed by atoms with Gasteiger partial charge in [-0.25, -0.2) is 9.59 Å². The van der Waals surface area contributed by atoms with Crippen molar-refractivity contribution < 1.29 is 72.5 Å². The van der Waals surface area contributed by atoms with Crippen molar-refractivity contribution in [1.82, 2.24) is 0 Å². The molecular weight excluding hydrogens is 768 g/mol. The smallest absolute Gasteiger partial charge is 0.339 e. The molecule has 2 bridgehead atoms. The molecule has 3 aliphatic carbocycles. The van der Waals surface area contributed by atoms with Crippen molar-refractivity contribution in [2.45, 2.75) is 128 Å². The van der Waals surface area contributed by atoms with E-state index in [2.05, 4.69) is 0 Å². The van der Waals surface area contributed by atoms with Crippen LogP contribution in [0.2, 0.25) is 0 Å². The van der Waals surface area contributed by atoms with Gasteiger partial charge in [0.05, 0.1) is 29.6 Å². The lowest BCUT2D eigenvalue weighted by molar-refractivity contribution is -0.346. The van der Waals surface area contributed by atoms with Gasteiger partial charge in [-0.2, -0.15) is 0 Å². The summed E-state index contributed by atoms with van der Waals surface area (Å²) in [5, 5.41) is 37.1. The second kappa shape index (κ2) is 16.2. The fourth-order valence-electron chi connectivity index (χ4n) is 9.71. The van der Waals surface area contributed by atoms with Gasteiger partial charge in [0, 0.05) is 38.5 Å². The van der Waals surface area contributed by atoms with Gasteiger partial charge in [-0.15, -0.1) is 0 Å². The van der Waals surface area contributed by atoms with Crippen LogP contribution in [0.1, 0.15) is 96.2 Å². The molecule has 2 aromatic rings. The number of carbonyl (C=O) groups excluding carboxylic acids is 6. The van der Waals surface area contributed by atoms with E-state index in [-0.39, 0.29) is 36.2 Å². The number of esters is 5. The van der Waals surface area contributed by atoms with Gasteiger partial charge >= 0.3 is 29.8 Å². The van der Waals surface area contributed by atoms with Gasteiger partial charge in [-0.3, -0.25) is 19.2 Å². The number of ketones is 1. The highest BCUT2D eigenvalue weighted by Crippen LogP contribution is 2.64. The molecule has 0 aromatic heterocycles. The summed E-state index contributed by atoms with van der Waals surface area (Å²) < 4.78 is 35.7. The predicted octanol–water partition coefficient (Wildman–Crippen LogP) is 3.65. The molecule has 15 heteroatoms. The molecule has 0 amide bonds. The molecule has 1 saturated heterocycles. The fourth-order valence-corrected chi connectivity index (χ4v) is 9.71. The summed E-state index contributed by atoms with van der Waals surface area (Å²) in [5.41, 5.74) is -7.33. The third kappa shape index (κ3) is 7.36. The second-order valence-electron chi connectivity index (χ2n) is 16.7. The van der Waals surface area contributed by atoms with Crippen molar-refractivity contribution in [3.05, 3.63) is 82.9 Å². The van der Waals surface area contributed by atoms with Gasteiger partial charge in [0.1, 0.15) is 23.9 Å². The summed E-state index contributed by atoms with van der Waals surface area (Å²) in [7, 11) is 0. The Balaban J connectivity index is 1.55. The molecular formula is C44H52O15. The number of aliphatic hydroxyl groups is 3. The quantitative estimate of drug-likeness (QED) is 0.167. The van der Waals surface area contributed by atoms with Crippen LogP contribution in [0.5, 0.6) is 0 Å². The first-order chi connectivity index (χ1) is 27.7. The Morgan fingerprint density at radius 1 is 0.915 bits per heavy atom. The van der Waals surface area contributed by atoms with Crippen molar-refractivity contribution in [3.63, 3.8) is 0 Å². The zero-order valence-electron chi connectivity index (χ0n) is 34.2. The van der Waals surface area contributed by atoms with Crippen LogP contribution in [0.15, 0.2) is 71.8 Å². The summed E-state index contributed by atoms with van der Waals surface area (Å²) in [4.78, 5) is 82.3. The predicted molar refractivity (Wildman–Crippen MR) is 205 cm³/mol. The van der Waals surface area contributed by atoms with Crippen LogP contribution in [0.25, 0.3) is 0 Å². The van der Waals surface area contributed by atoms with Crippen LogP contribution in [0.3, 0.4) is 0 Å². The molecule has 0 radical (unpaired) electrons. The van der Waals surface area contributed by atoms with Crippen LogP contribution in [-0.4, -0.2) is 105 Å². The van der Waals surface area contributed by atoms with E-state index in [0.717, 1.165) is 13.8 Å². The summed E-state index contributed by atoms with van der Waals surface area (Å²) >= 11 is 0. The molecule has 4 aliphatic rings. The maximum atomic E-state index is 15.4. The van der Waals surface area contributed by atoms with Gasteiger partial charge in [0.15, 0.2) is 29.7 Å². The normalized spacial score (nSPS) is 32.9. The molecule has 2 aromatic carbocycles. The number of ether oxygens (including phenoxy) is 6. The number of fused-ring (bicyclic) bond motifs is 5. The van der Waals surface area contributed by atoms with Gasteiger partial charge in [0.25, 0.3) is 0 Å². The van der Waals surface area contributed by atoms with E-state index < -0.39 is 113 Å². The van der Waals surface area contributed by atoms with Crippen LogP contribution in [0, 0.1) is 16.7 Å². The van der Waals surface area contributed by atoms with Crippen LogP contribution in [-0.2, 0) is 52.4 Å². The number of hydrogen-bond acceptors (Lipinski definition) is 15. The van der Waals surface area contributed by atoms with E-state index in [1.807, 2.05) is 0 Å². The van der Waals surface area contributed by atoms with Gasteiger partial charge in [0.2, 0.25) is 0 Å². The molecule has 0 unspecified atom stereocenters. The fraction of sp³-hybridized carbons (Fsp3) is 0.545. The number of Topliss-reactive ketones (excluding diaryl/α,β-unsaturated/α-hetero) is 1. The summed E-state index contributed by atoms with van der Waals surface area (Å²) in [6.45, 7) is 9.71. The lowest BCUT2D eigenvalue weighted by Crippen LogP contribution is -2.82. The lowest BCUT2D eigenvalue weighted by atomic mass is 9.44. The van der Waals surface area contributed by atoms with Gasteiger partial charge in [-0.05, 0) is 49.1 Å².